The lowest BCUT2D eigenvalue weighted by atomic mass is 16.0. The van der Waals surface area contributed by atoms with Crippen LogP contribution >= 0.6 is 24.3 Å². The maximum absolute atomic E-state index is 9.60. The van der Waals surface area contributed by atoms with E-state index in [1.54, 1.807) is 0 Å². The van der Waals surface area contributed by atoms with E-state index in [9.17, 15) is 9.13 Å². The monoisotopic (exact) mass is 127 g/mol. The van der Waals surface area contributed by atoms with Gasteiger partial charge in [0.1, 0.15) is 8.93 Å². The summed E-state index contributed by atoms with van der Waals surface area (Å²) in [6.07, 6.45) is 0. The molecule has 0 aliphatic heterocycles. The summed E-state index contributed by atoms with van der Waals surface area (Å²) in [5.74, 6) is 0. The van der Waals surface area contributed by atoms with Crippen LogP contribution in [0.15, 0.2) is 0 Å². The molecule has 5 heteroatoms. The van der Waals surface area contributed by atoms with Crippen molar-refractivity contribution in [3.63, 3.8) is 0 Å². The van der Waals surface area contributed by atoms with Gasteiger partial charge in [-0.05, 0) is 0 Å². The Morgan fingerprint density at radius 1 is 1.80 bits per heavy atom. The molecule has 28 valence electrons. The highest BCUT2D eigenvalue weighted by atomic mass is 32.4. The molecule has 0 radical (unpaired) electrons. The van der Waals surface area contributed by atoms with Crippen LogP contribution in [0.5, 0.6) is 0 Å². The molecule has 0 rings (SSSR count). The molecule has 0 aromatic carbocycles. The van der Waals surface area contributed by atoms with Crippen molar-refractivity contribution in [2.75, 3.05) is 0 Å². The molecule has 2 atom stereocenters. The lowest BCUT2D eigenvalue weighted by Crippen LogP contribution is -1.00. The Hall–Kier alpha value is 0.630. The fraction of sp³-hybridized carbons (Fsp3) is 0. The molecule has 0 spiro atoms. The summed E-state index contributed by atoms with van der Waals surface area (Å²) in [7, 11) is 0.122. The van der Waals surface area contributed by atoms with Crippen molar-refractivity contribution >= 4 is 24.3 Å². The third-order valence-corrected chi connectivity index (χ3v) is 1.57. The second-order valence-corrected chi connectivity index (χ2v) is 5.54. The van der Waals surface area contributed by atoms with Crippen LogP contribution in [0.25, 0.3) is 0 Å². The fourth-order valence-corrected chi connectivity index (χ4v) is 0. The third kappa shape index (κ3) is 4.63. The summed E-state index contributed by atoms with van der Waals surface area (Å²) < 4.78 is 18.9. The molecule has 0 saturated heterocycles. The topological polar surface area (TPSA) is 34.1 Å². The summed E-state index contributed by atoms with van der Waals surface area (Å²) in [6.45, 7) is 0. The minimum absolute atomic E-state index is 0.281. The van der Waals surface area contributed by atoms with Gasteiger partial charge in [0.15, 0.2) is 0 Å². The average molecular weight is 127 g/mol. The van der Waals surface area contributed by atoms with Gasteiger partial charge in [0, 0.05) is 0 Å². The Kier molecular flexibility index (Phi) is 3.20. The molecule has 0 bridgehead atoms. The SMILES string of the molecule is O=P[P+](=O)P. The highest BCUT2D eigenvalue weighted by Crippen LogP contribution is 2.43. The molecule has 0 amide bonds. The van der Waals surface area contributed by atoms with Crippen molar-refractivity contribution < 1.29 is 9.13 Å². The van der Waals surface area contributed by atoms with Gasteiger partial charge in [0.2, 0.25) is 0 Å². The van der Waals surface area contributed by atoms with Gasteiger partial charge in [-0.3, -0.25) is 0 Å². The maximum atomic E-state index is 9.60. The molecular formula is H2O2P3+. The van der Waals surface area contributed by atoms with Crippen LogP contribution < -0.4 is 0 Å². The molecule has 0 aliphatic rings. The van der Waals surface area contributed by atoms with Gasteiger partial charge in [0.05, 0.1) is 0 Å². The van der Waals surface area contributed by atoms with Crippen molar-refractivity contribution in [3.8, 4) is 0 Å². The first-order chi connectivity index (χ1) is 2.27. The minimum Gasteiger partial charge on any atom is -0.213 e. The zero-order valence-electron chi connectivity index (χ0n) is 2.29. The van der Waals surface area contributed by atoms with E-state index in [0.29, 0.717) is 0 Å². The van der Waals surface area contributed by atoms with E-state index in [2.05, 4.69) is 0 Å². The van der Waals surface area contributed by atoms with Gasteiger partial charge >= 0.3 is 15.3 Å². The second-order valence-electron chi connectivity index (χ2n) is 0.384. The summed E-state index contributed by atoms with van der Waals surface area (Å²) >= 11 is 0. The third-order valence-electron chi connectivity index (χ3n) is 0.0805. The van der Waals surface area contributed by atoms with Crippen molar-refractivity contribution in [2.24, 2.45) is 0 Å². The van der Waals surface area contributed by atoms with Crippen LogP contribution in [-0.4, -0.2) is 0 Å². The van der Waals surface area contributed by atoms with Gasteiger partial charge in [0.25, 0.3) is 0 Å². The first-order valence-electron chi connectivity index (χ1n) is 0.823. The molecule has 0 heterocycles. The van der Waals surface area contributed by atoms with Crippen LogP contribution in [0.2, 0.25) is 0 Å². The maximum Gasteiger partial charge on any atom is 0.459 e. The second kappa shape index (κ2) is 2.85. The Labute approximate surface area is 34.3 Å². The van der Waals surface area contributed by atoms with Crippen LogP contribution in [0, 0.1) is 0 Å². The van der Waals surface area contributed by atoms with Crippen LogP contribution in [0.1, 0.15) is 0 Å². The number of hydrogen-bond donors (Lipinski definition) is 0. The summed E-state index contributed by atoms with van der Waals surface area (Å²) in [4.78, 5) is 0. The molecule has 2 nitrogen and oxygen atoms in total. The molecule has 0 aliphatic carbocycles. The van der Waals surface area contributed by atoms with E-state index >= 15 is 0 Å². The summed E-state index contributed by atoms with van der Waals surface area (Å²) in [5.41, 5.74) is 0. The van der Waals surface area contributed by atoms with Crippen molar-refractivity contribution in [1.29, 1.82) is 0 Å². The predicted octanol–water partition coefficient (Wildman–Crippen LogP) is 1.81. The zero-order valence-corrected chi connectivity index (χ0v) is 5.23. The standard InChI is InChI=1S/H2O2P3/c1-4-5(2)3/h3H2/q+1. The lowest BCUT2D eigenvalue weighted by molar-refractivity contribution is 0.590. The fourth-order valence-electron chi connectivity index (χ4n) is 0. The Morgan fingerprint density at radius 3 is 2.00 bits per heavy atom. The Morgan fingerprint density at radius 2 is 2.00 bits per heavy atom. The van der Waals surface area contributed by atoms with Gasteiger partial charge in [-0.25, -0.2) is 4.57 Å². The average Bonchev–Trinajstić information content (AvgIpc) is 1.38. The smallest absolute Gasteiger partial charge is 0.213 e. The first kappa shape index (κ1) is 5.63. The lowest BCUT2D eigenvalue weighted by Gasteiger charge is -1.35. The predicted molar refractivity (Wildman–Crippen MR) is 24.9 cm³/mol. The largest absolute Gasteiger partial charge is 0.459 e. The van der Waals surface area contributed by atoms with Crippen LogP contribution in [0.3, 0.4) is 0 Å². The van der Waals surface area contributed by atoms with Gasteiger partial charge in [-0.1, -0.05) is 4.57 Å². The molecule has 0 fully saturated rings. The summed E-state index contributed by atoms with van der Waals surface area (Å²) in [5, 5.41) is 0. The van der Waals surface area contributed by atoms with Crippen molar-refractivity contribution in [3.05, 3.63) is 0 Å². The van der Waals surface area contributed by atoms with Gasteiger partial charge < -0.3 is 0 Å². The molecule has 0 saturated carbocycles. The Balaban J connectivity index is 3.20. The highest BCUT2D eigenvalue weighted by Gasteiger charge is 2.00. The highest BCUT2D eigenvalue weighted by molar-refractivity contribution is 8.38. The van der Waals surface area contributed by atoms with E-state index in [1.165, 1.54) is 0 Å². The normalized spacial score (nSPS) is 11.8. The molecular weight excluding hydrogens is 125 g/mol. The zero-order chi connectivity index (χ0) is 4.28. The van der Waals surface area contributed by atoms with Crippen LogP contribution in [0.4, 0.5) is 0 Å². The van der Waals surface area contributed by atoms with Gasteiger partial charge in [-0.15, -0.1) is 0 Å². The molecule has 0 aromatic heterocycles. The minimum atomic E-state index is -1.51. The van der Waals surface area contributed by atoms with Crippen LogP contribution in [-0.2, 0) is 9.13 Å². The molecule has 2 unspecified atom stereocenters. The van der Waals surface area contributed by atoms with Crippen molar-refractivity contribution in [2.45, 2.75) is 0 Å². The Bertz CT molecular complexity index is 55.9. The van der Waals surface area contributed by atoms with E-state index in [4.69, 9.17) is 0 Å². The van der Waals surface area contributed by atoms with E-state index in [1.807, 2.05) is 8.93 Å². The van der Waals surface area contributed by atoms with Crippen molar-refractivity contribution in [1.82, 2.24) is 0 Å². The number of hydrogen-bond acceptors (Lipinski definition) is 2. The van der Waals surface area contributed by atoms with E-state index in [0.717, 1.165) is 0 Å². The number of rotatable bonds is 1. The van der Waals surface area contributed by atoms with Gasteiger partial charge in [-0.2, -0.15) is 0 Å². The summed E-state index contributed by atoms with van der Waals surface area (Å²) in [6, 6.07) is 0. The van der Waals surface area contributed by atoms with E-state index in [-0.39, 0.29) is 8.15 Å². The van der Waals surface area contributed by atoms with E-state index < -0.39 is 7.18 Å². The quantitative estimate of drug-likeness (QED) is 0.503. The molecule has 0 aromatic rings. The first-order valence-corrected chi connectivity index (χ1v) is 5.22. The molecule has 0 N–H and O–H groups in total. The molecule has 5 heavy (non-hydrogen) atoms.